The van der Waals surface area contributed by atoms with Gasteiger partial charge in [0.2, 0.25) is 0 Å². The second-order valence-electron chi connectivity index (χ2n) is 9.92. The van der Waals surface area contributed by atoms with Crippen molar-refractivity contribution in [2.45, 2.75) is 84.3 Å². The summed E-state index contributed by atoms with van der Waals surface area (Å²) < 4.78 is 0. The average Bonchev–Trinajstić information content (AvgIpc) is 2.91. The number of benzene rings is 1. The molecule has 3 rings (SSSR count). The van der Waals surface area contributed by atoms with E-state index >= 15 is 0 Å². The number of allylic oxidation sites excluding steroid dienone is 1. The van der Waals surface area contributed by atoms with Crippen LogP contribution < -0.4 is 0 Å². The Morgan fingerprint density at radius 1 is 1.17 bits per heavy atom. The molecule has 0 N–H and O–H groups in total. The van der Waals surface area contributed by atoms with Crippen LogP contribution in [-0.4, -0.2) is 27.6 Å². The number of amides is 1. The number of aliphatic imine (C=N–C) groups is 1. The van der Waals surface area contributed by atoms with Gasteiger partial charge in [-0.2, -0.15) is 0 Å². The van der Waals surface area contributed by atoms with Crippen molar-refractivity contribution in [3.63, 3.8) is 0 Å². The molecule has 0 saturated heterocycles. The molecule has 1 aliphatic heterocycles. The first-order chi connectivity index (χ1) is 13.5. The van der Waals surface area contributed by atoms with Gasteiger partial charge in [-0.3, -0.25) is 9.79 Å². The summed E-state index contributed by atoms with van der Waals surface area (Å²) >= 11 is 6.09. The Morgan fingerprint density at radius 2 is 1.76 bits per heavy atom. The predicted octanol–water partition coefficient (Wildman–Crippen LogP) is 6.46. The van der Waals surface area contributed by atoms with E-state index in [2.05, 4.69) is 63.8 Å². The molecule has 158 valence electrons. The molecule has 3 nitrogen and oxygen atoms in total. The highest BCUT2D eigenvalue weighted by molar-refractivity contribution is 6.45. The SMILES string of the molecule is Cc1ccc([C@@H](C)N2C(=O)C(/C=C/C(C)Cl)=NC23CCC(C(C)(C)C)CC3)cc1. The zero-order valence-corrected chi connectivity index (χ0v) is 19.5. The number of rotatable bonds is 4. The molecule has 1 saturated carbocycles. The fourth-order valence-electron chi connectivity index (χ4n) is 4.80. The molecule has 0 aromatic heterocycles. The number of carbonyl (C=O) groups is 1. The normalized spacial score (nSPS) is 27.6. The lowest BCUT2D eigenvalue weighted by Crippen LogP contribution is -2.50. The van der Waals surface area contributed by atoms with Crippen LogP contribution in [-0.2, 0) is 4.79 Å². The lowest BCUT2D eigenvalue weighted by Gasteiger charge is -2.46. The van der Waals surface area contributed by atoms with Crippen molar-refractivity contribution in [3.8, 4) is 0 Å². The number of alkyl halides is 1. The summed E-state index contributed by atoms with van der Waals surface area (Å²) in [7, 11) is 0. The molecule has 2 aliphatic rings. The monoisotopic (exact) mass is 414 g/mol. The third-order valence-electron chi connectivity index (χ3n) is 6.69. The fourth-order valence-corrected chi connectivity index (χ4v) is 4.87. The Kier molecular flexibility index (Phi) is 6.29. The van der Waals surface area contributed by atoms with E-state index in [1.807, 2.05) is 19.1 Å². The average molecular weight is 415 g/mol. The van der Waals surface area contributed by atoms with Gasteiger partial charge in [0.1, 0.15) is 11.4 Å². The molecule has 1 fully saturated rings. The summed E-state index contributed by atoms with van der Waals surface area (Å²) in [4.78, 5) is 20.5. The summed E-state index contributed by atoms with van der Waals surface area (Å²) in [5, 5.41) is -0.123. The largest absolute Gasteiger partial charge is 0.306 e. The van der Waals surface area contributed by atoms with Gasteiger partial charge in [0, 0.05) is 5.38 Å². The van der Waals surface area contributed by atoms with Gasteiger partial charge in [-0.1, -0.05) is 56.7 Å². The second-order valence-corrected chi connectivity index (χ2v) is 10.6. The molecule has 1 aliphatic carbocycles. The highest BCUT2D eigenvalue weighted by Crippen LogP contribution is 2.48. The van der Waals surface area contributed by atoms with Crippen LogP contribution in [0.4, 0.5) is 0 Å². The standard InChI is InChI=1S/C25H35ClN2O/c1-17-7-10-20(11-8-17)19(3)28-23(29)22(12-9-18(2)26)27-25(28)15-13-21(14-16-25)24(4,5)6/h7-12,18-19,21H,13-16H2,1-6H3/b12-9+/t18?,19-,21?,25?/m1/s1. The number of carbonyl (C=O) groups excluding carboxylic acids is 1. The van der Waals surface area contributed by atoms with Crippen molar-refractivity contribution < 1.29 is 4.79 Å². The van der Waals surface area contributed by atoms with Gasteiger partial charge in [-0.05, 0) is 69.4 Å². The Hall–Kier alpha value is -1.61. The summed E-state index contributed by atoms with van der Waals surface area (Å²) in [6.45, 7) is 13.1. The van der Waals surface area contributed by atoms with Crippen LogP contribution in [0.3, 0.4) is 0 Å². The maximum absolute atomic E-state index is 13.5. The van der Waals surface area contributed by atoms with Crippen LogP contribution in [0.5, 0.6) is 0 Å². The minimum atomic E-state index is -0.432. The van der Waals surface area contributed by atoms with E-state index in [0.717, 1.165) is 31.2 Å². The maximum atomic E-state index is 13.5. The van der Waals surface area contributed by atoms with E-state index in [1.54, 1.807) is 0 Å². The number of halogens is 1. The Bertz CT molecular complexity index is 793. The predicted molar refractivity (Wildman–Crippen MR) is 122 cm³/mol. The van der Waals surface area contributed by atoms with Gasteiger partial charge >= 0.3 is 0 Å². The molecule has 4 heteroatoms. The molecule has 1 aromatic carbocycles. The molecule has 1 unspecified atom stereocenters. The smallest absolute Gasteiger partial charge is 0.274 e. The van der Waals surface area contributed by atoms with Gasteiger partial charge < -0.3 is 4.90 Å². The van der Waals surface area contributed by atoms with Crippen LogP contribution in [0.2, 0.25) is 0 Å². The van der Waals surface area contributed by atoms with Gasteiger partial charge in [-0.15, -0.1) is 11.6 Å². The third kappa shape index (κ3) is 4.60. The van der Waals surface area contributed by atoms with Crippen molar-refractivity contribution in [2.75, 3.05) is 0 Å². The third-order valence-corrected chi connectivity index (χ3v) is 6.84. The number of aryl methyl sites for hydroxylation is 1. The van der Waals surface area contributed by atoms with E-state index in [-0.39, 0.29) is 22.7 Å². The van der Waals surface area contributed by atoms with Crippen molar-refractivity contribution in [3.05, 3.63) is 47.5 Å². The quantitative estimate of drug-likeness (QED) is 0.520. The maximum Gasteiger partial charge on any atom is 0.274 e. The lowest BCUT2D eigenvalue weighted by molar-refractivity contribution is -0.132. The first-order valence-electron chi connectivity index (χ1n) is 10.9. The van der Waals surface area contributed by atoms with E-state index in [9.17, 15) is 4.79 Å². The first kappa shape index (κ1) is 22.1. The van der Waals surface area contributed by atoms with E-state index in [4.69, 9.17) is 16.6 Å². The van der Waals surface area contributed by atoms with Crippen molar-refractivity contribution in [2.24, 2.45) is 16.3 Å². The fraction of sp³-hybridized carbons (Fsp3) is 0.600. The summed E-state index contributed by atoms with van der Waals surface area (Å²) in [5.41, 5.74) is 2.79. The van der Waals surface area contributed by atoms with Crippen LogP contribution in [0.25, 0.3) is 0 Å². The highest BCUT2D eigenvalue weighted by atomic mass is 35.5. The zero-order valence-electron chi connectivity index (χ0n) is 18.7. The molecule has 0 radical (unpaired) electrons. The van der Waals surface area contributed by atoms with E-state index in [1.165, 1.54) is 5.56 Å². The number of nitrogens with zero attached hydrogens (tertiary/aromatic N) is 2. The molecule has 2 atom stereocenters. The molecular formula is C25H35ClN2O. The molecule has 1 aromatic rings. The van der Waals surface area contributed by atoms with Crippen molar-refractivity contribution >= 4 is 23.2 Å². The highest BCUT2D eigenvalue weighted by Gasteiger charge is 2.51. The lowest BCUT2D eigenvalue weighted by atomic mass is 9.69. The van der Waals surface area contributed by atoms with Crippen molar-refractivity contribution in [1.29, 1.82) is 0 Å². The second kappa shape index (κ2) is 8.26. The zero-order chi connectivity index (χ0) is 21.4. The van der Waals surface area contributed by atoms with Crippen LogP contribution in [0.1, 0.15) is 77.5 Å². The minimum absolute atomic E-state index is 0.0163. The molecule has 29 heavy (non-hydrogen) atoms. The van der Waals surface area contributed by atoms with Gasteiger partial charge in [-0.25, -0.2) is 0 Å². The van der Waals surface area contributed by atoms with E-state index < -0.39 is 5.66 Å². The Labute approximate surface area is 181 Å². The van der Waals surface area contributed by atoms with Gasteiger partial charge in [0.05, 0.1) is 6.04 Å². The van der Waals surface area contributed by atoms with Crippen LogP contribution in [0, 0.1) is 18.3 Å². The molecule has 1 amide bonds. The van der Waals surface area contributed by atoms with E-state index in [0.29, 0.717) is 11.6 Å². The number of hydrogen-bond acceptors (Lipinski definition) is 2. The number of hydrogen-bond donors (Lipinski definition) is 0. The van der Waals surface area contributed by atoms with Gasteiger partial charge in [0.25, 0.3) is 5.91 Å². The summed E-state index contributed by atoms with van der Waals surface area (Å²) in [6.07, 6.45) is 7.71. The summed E-state index contributed by atoms with van der Waals surface area (Å²) in [6, 6.07) is 8.49. The molecule has 1 heterocycles. The summed E-state index contributed by atoms with van der Waals surface area (Å²) in [5.74, 6) is 0.693. The Morgan fingerprint density at radius 3 is 2.28 bits per heavy atom. The van der Waals surface area contributed by atoms with Gasteiger partial charge in [0.15, 0.2) is 0 Å². The minimum Gasteiger partial charge on any atom is -0.306 e. The first-order valence-corrected chi connectivity index (χ1v) is 11.3. The van der Waals surface area contributed by atoms with Crippen LogP contribution in [0.15, 0.2) is 41.4 Å². The van der Waals surface area contributed by atoms with Crippen molar-refractivity contribution in [1.82, 2.24) is 4.90 Å². The topological polar surface area (TPSA) is 32.7 Å². The molecular weight excluding hydrogens is 380 g/mol. The molecule has 0 bridgehead atoms. The molecule has 1 spiro atoms. The van der Waals surface area contributed by atoms with Crippen LogP contribution >= 0.6 is 11.6 Å². The Balaban J connectivity index is 1.94.